The quantitative estimate of drug-likeness (QED) is 0.782. The Bertz CT molecular complexity index is 664. The summed E-state index contributed by atoms with van der Waals surface area (Å²) in [6.45, 7) is 0. The number of nitrogens with one attached hydrogen (secondary N) is 1. The molecule has 2 heterocycles. The molecule has 0 aliphatic carbocycles. The van der Waals surface area contributed by atoms with Crippen LogP contribution in [-0.2, 0) is 14.8 Å². The van der Waals surface area contributed by atoms with Crippen LogP contribution in [0.15, 0.2) is 35.2 Å². The van der Waals surface area contributed by atoms with E-state index in [1.54, 1.807) is 16.1 Å². The second-order valence-electron chi connectivity index (χ2n) is 6.63. The predicted octanol–water partition coefficient (Wildman–Crippen LogP) is 2.24. The van der Waals surface area contributed by atoms with Gasteiger partial charge in [-0.25, -0.2) is 8.42 Å². The SMILES string of the molecule is CS(=O)(=O)N1C2CCC1CC(NC(=O)CCSc1ccccc1)C2. The maximum atomic E-state index is 12.2. The molecule has 5 nitrogen and oxygen atoms in total. The molecule has 1 aromatic rings. The molecule has 0 spiro atoms. The van der Waals surface area contributed by atoms with Gasteiger partial charge in [-0.1, -0.05) is 18.2 Å². The monoisotopic (exact) mass is 368 g/mol. The van der Waals surface area contributed by atoms with Crippen LogP contribution in [0.3, 0.4) is 0 Å². The minimum atomic E-state index is -3.14. The van der Waals surface area contributed by atoms with Gasteiger partial charge in [0.25, 0.3) is 0 Å². The van der Waals surface area contributed by atoms with Crippen molar-refractivity contribution in [3.63, 3.8) is 0 Å². The molecule has 0 radical (unpaired) electrons. The fourth-order valence-electron chi connectivity index (χ4n) is 3.87. The van der Waals surface area contributed by atoms with E-state index in [1.165, 1.54) is 11.2 Å². The van der Waals surface area contributed by atoms with E-state index in [0.717, 1.165) is 31.4 Å². The van der Waals surface area contributed by atoms with Crippen molar-refractivity contribution in [3.05, 3.63) is 30.3 Å². The Balaban J connectivity index is 1.45. The number of amides is 1. The van der Waals surface area contributed by atoms with Gasteiger partial charge in [0.1, 0.15) is 0 Å². The van der Waals surface area contributed by atoms with Crippen molar-refractivity contribution in [2.24, 2.45) is 0 Å². The van der Waals surface area contributed by atoms with Gasteiger partial charge in [-0.3, -0.25) is 4.79 Å². The van der Waals surface area contributed by atoms with Gasteiger partial charge in [-0.2, -0.15) is 4.31 Å². The van der Waals surface area contributed by atoms with E-state index in [-0.39, 0.29) is 24.0 Å². The Kier molecular flexibility index (Phi) is 5.52. The lowest BCUT2D eigenvalue weighted by Crippen LogP contribution is -2.52. The summed E-state index contributed by atoms with van der Waals surface area (Å²) in [4.78, 5) is 13.3. The number of thioether (sulfide) groups is 1. The molecule has 2 fully saturated rings. The van der Waals surface area contributed by atoms with Crippen molar-refractivity contribution in [2.45, 2.75) is 55.1 Å². The standard InChI is InChI=1S/C17H24N2O3S2/c1-24(21,22)19-14-7-8-15(19)12-13(11-14)18-17(20)9-10-23-16-5-3-2-4-6-16/h2-6,13-15H,7-12H2,1H3,(H,18,20). The fraction of sp³-hybridized carbons (Fsp3) is 0.588. The highest BCUT2D eigenvalue weighted by Gasteiger charge is 2.45. The van der Waals surface area contributed by atoms with Crippen LogP contribution in [0.4, 0.5) is 0 Å². The molecule has 0 aromatic heterocycles. The summed E-state index contributed by atoms with van der Waals surface area (Å²) in [6.07, 6.45) is 5.07. The molecule has 2 aliphatic rings. The highest BCUT2D eigenvalue weighted by molar-refractivity contribution is 7.99. The molecule has 132 valence electrons. The molecular formula is C17H24N2O3S2. The average molecular weight is 369 g/mol. The Morgan fingerprint density at radius 1 is 1.21 bits per heavy atom. The number of rotatable bonds is 6. The molecule has 1 amide bonds. The van der Waals surface area contributed by atoms with Crippen molar-refractivity contribution in [2.75, 3.05) is 12.0 Å². The van der Waals surface area contributed by atoms with E-state index in [9.17, 15) is 13.2 Å². The van der Waals surface area contributed by atoms with Gasteiger partial charge in [0.2, 0.25) is 15.9 Å². The van der Waals surface area contributed by atoms with Crippen LogP contribution in [0.25, 0.3) is 0 Å². The Morgan fingerprint density at radius 2 is 1.83 bits per heavy atom. The van der Waals surface area contributed by atoms with E-state index in [4.69, 9.17) is 0 Å². The van der Waals surface area contributed by atoms with Crippen LogP contribution < -0.4 is 5.32 Å². The van der Waals surface area contributed by atoms with Crippen molar-refractivity contribution in [1.29, 1.82) is 0 Å². The molecule has 1 aromatic carbocycles. The second kappa shape index (κ2) is 7.45. The van der Waals surface area contributed by atoms with E-state index >= 15 is 0 Å². The number of fused-ring (bicyclic) bond motifs is 2. The summed E-state index contributed by atoms with van der Waals surface area (Å²) in [5.41, 5.74) is 0. The largest absolute Gasteiger partial charge is 0.353 e. The van der Waals surface area contributed by atoms with Gasteiger partial charge in [0, 0.05) is 35.2 Å². The zero-order chi connectivity index (χ0) is 17.2. The molecule has 2 saturated heterocycles. The summed E-state index contributed by atoms with van der Waals surface area (Å²) in [5.74, 6) is 0.820. The Hall–Kier alpha value is -1.05. The number of piperidine rings is 1. The van der Waals surface area contributed by atoms with Gasteiger partial charge in [0.05, 0.1) is 6.26 Å². The molecular weight excluding hydrogens is 344 g/mol. The first kappa shape index (κ1) is 17.8. The van der Waals surface area contributed by atoms with Crippen LogP contribution in [0.1, 0.15) is 32.1 Å². The van der Waals surface area contributed by atoms with Gasteiger partial charge >= 0.3 is 0 Å². The summed E-state index contributed by atoms with van der Waals surface area (Å²) in [5, 5.41) is 3.10. The number of hydrogen-bond acceptors (Lipinski definition) is 4. The second-order valence-corrected chi connectivity index (χ2v) is 9.68. The molecule has 7 heteroatoms. The van der Waals surface area contributed by atoms with Crippen LogP contribution in [0.5, 0.6) is 0 Å². The highest BCUT2D eigenvalue weighted by atomic mass is 32.2. The first-order valence-electron chi connectivity index (χ1n) is 8.39. The van der Waals surface area contributed by atoms with Crippen LogP contribution >= 0.6 is 11.8 Å². The van der Waals surface area contributed by atoms with E-state index in [0.29, 0.717) is 6.42 Å². The zero-order valence-corrected chi connectivity index (χ0v) is 15.5. The van der Waals surface area contributed by atoms with Crippen molar-refractivity contribution < 1.29 is 13.2 Å². The van der Waals surface area contributed by atoms with Crippen LogP contribution in [0, 0.1) is 0 Å². The smallest absolute Gasteiger partial charge is 0.221 e. The van der Waals surface area contributed by atoms with E-state index in [2.05, 4.69) is 5.32 Å². The minimum absolute atomic E-state index is 0.0581. The first-order valence-corrected chi connectivity index (χ1v) is 11.2. The molecule has 2 atom stereocenters. The lowest BCUT2D eigenvalue weighted by atomic mass is 9.99. The molecule has 24 heavy (non-hydrogen) atoms. The maximum absolute atomic E-state index is 12.2. The molecule has 3 rings (SSSR count). The third-order valence-electron chi connectivity index (χ3n) is 4.76. The predicted molar refractivity (Wildman–Crippen MR) is 96.4 cm³/mol. The van der Waals surface area contributed by atoms with Gasteiger partial charge < -0.3 is 5.32 Å². The summed E-state index contributed by atoms with van der Waals surface area (Å²) >= 11 is 1.68. The molecule has 2 unspecified atom stereocenters. The highest BCUT2D eigenvalue weighted by Crippen LogP contribution is 2.37. The van der Waals surface area contributed by atoms with E-state index in [1.807, 2.05) is 30.3 Å². The van der Waals surface area contributed by atoms with Crippen LogP contribution in [-0.4, -0.2) is 48.8 Å². The average Bonchev–Trinajstić information content (AvgIpc) is 2.81. The molecule has 0 saturated carbocycles. The topological polar surface area (TPSA) is 66.5 Å². The number of nitrogens with zero attached hydrogens (tertiary/aromatic N) is 1. The number of carbonyl (C=O) groups excluding carboxylic acids is 1. The van der Waals surface area contributed by atoms with Crippen molar-refractivity contribution in [1.82, 2.24) is 9.62 Å². The third-order valence-corrected chi connectivity index (χ3v) is 7.13. The summed E-state index contributed by atoms with van der Waals surface area (Å²) < 4.78 is 25.4. The van der Waals surface area contributed by atoms with Gasteiger partial charge in [0.15, 0.2) is 0 Å². The molecule has 1 N–H and O–H groups in total. The normalized spacial score (nSPS) is 27.1. The third kappa shape index (κ3) is 4.32. The van der Waals surface area contributed by atoms with Gasteiger partial charge in [-0.05, 0) is 37.8 Å². The molecule has 2 bridgehead atoms. The van der Waals surface area contributed by atoms with Crippen LogP contribution in [0.2, 0.25) is 0 Å². The number of hydrogen-bond donors (Lipinski definition) is 1. The van der Waals surface area contributed by atoms with E-state index < -0.39 is 10.0 Å². The van der Waals surface area contributed by atoms with Crippen molar-refractivity contribution in [3.8, 4) is 0 Å². The lowest BCUT2D eigenvalue weighted by Gasteiger charge is -2.37. The lowest BCUT2D eigenvalue weighted by molar-refractivity contribution is -0.121. The Morgan fingerprint density at radius 3 is 2.42 bits per heavy atom. The maximum Gasteiger partial charge on any atom is 0.221 e. The zero-order valence-electron chi connectivity index (χ0n) is 13.8. The number of carbonyl (C=O) groups is 1. The van der Waals surface area contributed by atoms with Gasteiger partial charge in [-0.15, -0.1) is 11.8 Å². The first-order chi connectivity index (χ1) is 11.4. The van der Waals surface area contributed by atoms with Crippen molar-refractivity contribution >= 4 is 27.7 Å². The number of sulfonamides is 1. The minimum Gasteiger partial charge on any atom is -0.353 e. The summed E-state index contributed by atoms with van der Waals surface area (Å²) in [7, 11) is -3.14. The fourth-order valence-corrected chi connectivity index (χ4v) is 6.21. The Labute approximate surface area is 148 Å². The molecule has 2 aliphatic heterocycles. The number of benzene rings is 1. The summed E-state index contributed by atoms with van der Waals surface area (Å²) in [6, 6.07) is 10.3.